The third kappa shape index (κ3) is 4.66. The van der Waals surface area contributed by atoms with E-state index < -0.39 is 11.7 Å². The molecule has 5 rings (SSSR count). The third-order valence-electron chi connectivity index (χ3n) is 6.00. The van der Waals surface area contributed by atoms with Crippen LogP contribution >= 0.6 is 11.6 Å². The predicted molar refractivity (Wildman–Crippen MR) is 135 cm³/mol. The van der Waals surface area contributed by atoms with Crippen LogP contribution in [0, 0.1) is 13.8 Å². The summed E-state index contributed by atoms with van der Waals surface area (Å²) in [6.45, 7) is 3.96. The summed E-state index contributed by atoms with van der Waals surface area (Å²) < 4.78 is 49.6. The van der Waals surface area contributed by atoms with Crippen LogP contribution in [-0.2, 0) is 12.8 Å². The van der Waals surface area contributed by atoms with Gasteiger partial charge in [0.15, 0.2) is 5.65 Å². The summed E-state index contributed by atoms with van der Waals surface area (Å²) in [6, 6.07) is 22.6. The van der Waals surface area contributed by atoms with E-state index in [0.717, 1.165) is 17.2 Å². The summed E-state index contributed by atoms with van der Waals surface area (Å²) >= 11 is 5.99. The number of rotatable bonds is 5. The molecule has 0 amide bonds. The molecule has 0 saturated carbocycles. The van der Waals surface area contributed by atoms with E-state index in [1.165, 1.54) is 4.68 Å². The van der Waals surface area contributed by atoms with Gasteiger partial charge in [-0.3, -0.25) is 0 Å². The zero-order chi connectivity index (χ0) is 25.4. The van der Waals surface area contributed by atoms with Gasteiger partial charge in [-0.1, -0.05) is 35.9 Å². The van der Waals surface area contributed by atoms with Gasteiger partial charge in [-0.15, -0.1) is 0 Å². The van der Waals surface area contributed by atoms with Gasteiger partial charge in [0.2, 0.25) is 0 Å². The van der Waals surface area contributed by atoms with Crippen molar-refractivity contribution in [2.24, 2.45) is 0 Å². The molecule has 8 heteroatoms. The molecule has 182 valence electrons. The Morgan fingerprint density at radius 2 is 1.61 bits per heavy atom. The van der Waals surface area contributed by atoms with Gasteiger partial charge in [0.25, 0.3) is 0 Å². The Morgan fingerprint density at radius 3 is 2.28 bits per heavy atom. The van der Waals surface area contributed by atoms with E-state index in [1.807, 2.05) is 31.2 Å². The van der Waals surface area contributed by atoms with Crippen molar-refractivity contribution in [2.45, 2.75) is 26.6 Å². The predicted octanol–water partition coefficient (Wildman–Crippen LogP) is 7.96. The number of nitrogens with zero attached hydrogens (tertiary/aromatic N) is 3. The number of hydrogen-bond acceptors (Lipinski definition) is 3. The first kappa shape index (κ1) is 23.9. The first-order chi connectivity index (χ1) is 17.2. The fourth-order valence-electron chi connectivity index (χ4n) is 4.08. The van der Waals surface area contributed by atoms with Gasteiger partial charge in [0, 0.05) is 10.6 Å². The average Bonchev–Trinajstić information content (AvgIpc) is 3.19. The molecular formula is C28H21ClF3N3O. The van der Waals surface area contributed by atoms with E-state index in [9.17, 15) is 13.2 Å². The fraction of sp³-hybridized carbons (Fsp3) is 0.143. The first-order valence-corrected chi connectivity index (χ1v) is 11.6. The minimum Gasteiger partial charge on any atom is -0.489 e. The van der Waals surface area contributed by atoms with Gasteiger partial charge in [-0.2, -0.15) is 18.3 Å². The van der Waals surface area contributed by atoms with Crippen LogP contribution in [0.15, 0.2) is 78.9 Å². The molecular weight excluding hydrogens is 487 g/mol. The molecule has 2 aromatic heterocycles. The SMILES string of the molecule is Cc1ccccc1COc1ccc(-c2cc(C(F)(F)F)c3c(C)nn(-c4ccc(Cl)cc4)c3n2)cc1. The number of pyridine rings is 1. The Bertz CT molecular complexity index is 1540. The molecule has 36 heavy (non-hydrogen) atoms. The topological polar surface area (TPSA) is 39.9 Å². The number of benzene rings is 3. The Morgan fingerprint density at radius 1 is 0.917 bits per heavy atom. The zero-order valence-electron chi connectivity index (χ0n) is 19.5. The molecule has 3 aromatic carbocycles. The van der Waals surface area contributed by atoms with Gasteiger partial charge in [0.1, 0.15) is 12.4 Å². The van der Waals surface area contributed by atoms with Gasteiger partial charge < -0.3 is 4.74 Å². The molecule has 4 nitrogen and oxygen atoms in total. The summed E-state index contributed by atoms with van der Waals surface area (Å²) in [6.07, 6.45) is -4.58. The van der Waals surface area contributed by atoms with Crippen LogP contribution in [-0.4, -0.2) is 14.8 Å². The molecule has 2 heterocycles. The highest BCUT2D eigenvalue weighted by atomic mass is 35.5. The van der Waals surface area contributed by atoms with Crippen molar-refractivity contribution in [2.75, 3.05) is 0 Å². The lowest BCUT2D eigenvalue weighted by Gasteiger charge is -2.13. The lowest BCUT2D eigenvalue weighted by molar-refractivity contribution is -0.136. The summed E-state index contributed by atoms with van der Waals surface area (Å²) in [5, 5.41) is 4.85. The molecule has 0 aliphatic rings. The van der Waals surface area contributed by atoms with Crippen molar-refractivity contribution in [3.63, 3.8) is 0 Å². The van der Waals surface area contributed by atoms with Gasteiger partial charge in [0.05, 0.1) is 28.0 Å². The molecule has 0 spiro atoms. The minimum absolute atomic E-state index is 0.0283. The van der Waals surface area contributed by atoms with Crippen molar-refractivity contribution in [1.29, 1.82) is 0 Å². The van der Waals surface area contributed by atoms with E-state index in [-0.39, 0.29) is 22.4 Å². The number of aromatic nitrogens is 3. The summed E-state index contributed by atoms with van der Waals surface area (Å²) in [4.78, 5) is 4.60. The lowest BCUT2D eigenvalue weighted by Crippen LogP contribution is -2.08. The molecule has 0 unspecified atom stereocenters. The Balaban J connectivity index is 1.54. The van der Waals surface area contributed by atoms with Crippen molar-refractivity contribution in [3.8, 4) is 22.7 Å². The second-order valence-corrected chi connectivity index (χ2v) is 8.90. The number of hydrogen-bond donors (Lipinski definition) is 0. The van der Waals surface area contributed by atoms with Gasteiger partial charge in [-0.25, -0.2) is 9.67 Å². The van der Waals surface area contributed by atoms with Crippen molar-refractivity contribution in [1.82, 2.24) is 14.8 Å². The number of alkyl halides is 3. The smallest absolute Gasteiger partial charge is 0.417 e. The normalized spacial score (nSPS) is 11.7. The van der Waals surface area contributed by atoms with E-state index in [2.05, 4.69) is 10.1 Å². The molecule has 0 atom stereocenters. The van der Waals surface area contributed by atoms with E-state index in [0.29, 0.717) is 28.6 Å². The van der Waals surface area contributed by atoms with E-state index >= 15 is 0 Å². The maximum atomic E-state index is 14.1. The van der Waals surface area contributed by atoms with Crippen molar-refractivity contribution < 1.29 is 17.9 Å². The largest absolute Gasteiger partial charge is 0.489 e. The Hall–Kier alpha value is -3.84. The van der Waals surface area contributed by atoms with Crippen molar-refractivity contribution >= 4 is 22.6 Å². The van der Waals surface area contributed by atoms with Crippen LogP contribution < -0.4 is 4.74 Å². The highest BCUT2D eigenvalue weighted by Crippen LogP contribution is 2.39. The highest BCUT2D eigenvalue weighted by molar-refractivity contribution is 6.30. The Labute approximate surface area is 210 Å². The fourth-order valence-corrected chi connectivity index (χ4v) is 4.20. The van der Waals surface area contributed by atoms with Crippen molar-refractivity contribution in [3.05, 3.63) is 106 Å². The summed E-state index contributed by atoms with van der Waals surface area (Å²) in [5.41, 5.74) is 3.07. The minimum atomic E-state index is -4.58. The third-order valence-corrected chi connectivity index (χ3v) is 6.25. The molecule has 0 saturated heterocycles. The number of halogens is 4. The van der Waals surface area contributed by atoms with E-state index in [1.54, 1.807) is 55.5 Å². The Kier molecular flexibility index (Phi) is 6.18. The number of aryl methyl sites for hydroxylation is 2. The average molecular weight is 508 g/mol. The van der Waals surface area contributed by atoms with Crippen LogP contribution in [0.3, 0.4) is 0 Å². The number of ether oxygens (including phenoxy) is 1. The maximum Gasteiger partial charge on any atom is 0.417 e. The van der Waals surface area contributed by atoms with Crippen LogP contribution in [0.4, 0.5) is 13.2 Å². The molecule has 0 aliphatic heterocycles. The molecule has 0 N–H and O–H groups in total. The van der Waals surface area contributed by atoms with Gasteiger partial charge in [-0.05, 0) is 79.6 Å². The van der Waals surface area contributed by atoms with Crippen LogP contribution in [0.25, 0.3) is 28.0 Å². The maximum absolute atomic E-state index is 14.1. The zero-order valence-corrected chi connectivity index (χ0v) is 20.2. The van der Waals surface area contributed by atoms with Crippen LogP contribution in [0.1, 0.15) is 22.4 Å². The molecule has 0 fully saturated rings. The van der Waals surface area contributed by atoms with Crippen LogP contribution in [0.5, 0.6) is 5.75 Å². The molecule has 0 radical (unpaired) electrons. The second kappa shape index (κ2) is 9.32. The lowest BCUT2D eigenvalue weighted by atomic mass is 10.0. The van der Waals surface area contributed by atoms with Gasteiger partial charge >= 0.3 is 6.18 Å². The monoisotopic (exact) mass is 507 g/mol. The number of fused-ring (bicyclic) bond motifs is 1. The second-order valence-electron chi connectivity index (χ2n) is 8.46. The van der Waals surface area contributed by atoms with E-state index in [4.69, 9.17) is 16.3 Å². The summed E-state index contributed by atoms with van der Waals surface area (Å²) in [7, 11) is 0. The quantitative estimate of drug-likeness (QED) is 0.242. The molecule has 5 aromatic rings. The molecule has 0 bridgehead atoms. The first-order valence-electron chi connectivity index (χ1n) is 11.2. The highest BCUT2D eigenvalue weighted by Gasteiger charge is 2.35. The molecule has 0 aliphatic carbocycles. The standard InChI is InChI=1S/C28H21ClF3N3O/c1-17-5-3-4-6-20(17)16-36-23-13-7-19(8-14-23)25-15-24(28(30,31)32)26-18(2)34-35(27(26)33-25)22-11-9-21(29)10-12-22/h3-15H,16H2,1-2H3. The van der Waals surface area contributed by atoms with Crippen LogP contribution in [0.2, 0.25) is 5.02 Å². The summed E-state index contributed by atoms with van der Waals surface area (Å²) in [5.74, 6) is 0.612.